The third kappa shape index (κ3) is 2.04. The van der Waals surface area contributed by atoms with Gasteiger partial charge in [-0.15, -0.1) is 0 Å². The van der Waals surface area contributed by atoms with Gasteiger partial charge in [-0.3, -0.25) is 0 Å². The van der Waals surface area contributed by atoms with E-state index >= 15 is 0 Å². The van der Waals surface area contributed by atoms with E-state index in [9.17, 15) is 0 Å². The predicted octanol–water partition coefficient (Wildman–Crippen LogP) is 1.25. The first kappa shape index (κ1) is 8.26. The van der Waals surface area contributed by atoms with E-state index in [-0.39, 0.29) is 0 Å². The molecule has 0 unspecified atom stereocenters. The lowest BCUT2D eigenvalue weighted by atomic mass is 10.5. The van der Waals surface area contributed by atoms with E-state index < -0.39 is 0 Å². The van der Waals surface area contributed by atoms with Crippen LogP contribution in [0, 0.1) is 0 Å². The number of nitrogen functional groups attached to an aromatic ring is 1. The number of aromatic nitrogens is 2. The van der Waals surface area contributed by atoms with Crippen LogP contribution in [0.2, 0.25) is 0 Å². The van der Waals surface area contributed by atoms with Crippen molar-refractivity contribution in [2.75, 3.05) is 17.6 Å². The molecule has 60 valence electrons. The first-order chi connectivity index (χ1) is 5.24. The molecule has 1 aromatic heterocycles. The normalized spacial score (nSPS) is 9.64. The van der Waals surface area contributed by atoms with Crippen LogP contribution in [0.4, 0.5) is 11.6 Å². The van der Waals surface area contributed by atoms with E-state index in [1.54, 1.807) is 6.20 Å². The predicted molar refractivity (Wildman–Crippen MR) is 48.3 cm³/mol. The summed E-state index contributed by atoms with van der Waals surface area (Å²) in [7, 11) is 0. The molecule has 1 rings (SSSR count). The average molecular weight is 217 g/mol. The van der Waals surface area contributed by atoms with E-state index in [0.29, 0.717) is 16.2 Å². The molecule has 0 radical (unpaired) electrons. The van der Waals surface area contributed by atoms with E-state index in [1.165, 1.54) is 0 Å². The Morgan fingerprint density at radius 1 is 1.73 bits per heavy atom. The van der Waals surface area contributed by atoms with Crippen molar-refractivity contribution in [3.8, 4) is 0 Å². The molecule has 0 aromatic carbocycles. The van der Waals surface area contributed by atoms with E-state index in [2.05, 4.69) is 31.2 Å². The van der Waals surface area contributed by atoms with Crippen LogP contribution in [0.3, 0.4) is 0 Å². The fourth-order valence-electron chi connectivity index (χ4n) is 0.674. The standard InChI is InChI=1S/C6H9BrN4/c1-2-9-6-5(8)10-3-4(7)11-6/h3H,2H2,1H3,(H2,8,10)(H,9,11). The zero-order valence-electron chi connectivity index (χ0n) is 6.13. The zero-order chi connectivity index (χ0) is 8.27. The van der Waals surface area contributed by atoms with Crippen molar-refractivity contribution in [2.45, 2.75) is 6.92 Å². The first-order valence-corrected chi connectivity index (χ1v) is 4.05. The van der Waals surface area contributed by atoms with Gasteiger partial charge < -0.3 is 11.1 Å². The third-order valence-electron chi connectivity index (χ3n) is 1.12. The highest BCUT2D eigenvalue weighted by molar-refractivity contribution is 9.10. The number of nitrogens with one attached hydrogen (secondary N) is 1. The molecule has 1 heterocycles. The molecule has 0 spiro atoms. The second-order valence-corrected chi connectivity index (χ2v) is 2.77. The molecule has 0 aliphatic heterocycles. The molecule has 5 heteroatoms. The molecule has 3 N–H and O–H groups in total. The Bertz CT molecular complexity index is 250. The summed E-state index contributed by atoms with van der Waals surface area (Å²) in [6.07, 6.45) is 1.57. The van der Waals surface area contributed by atoms with Gasteiger partial charge >= 0.3 is 0 Å². The lowest BCUT2D eigenvalue weighted by molar-refractivity contribution is 1.11. The SMILES string of the molecule is CCNc1nc(Br)cnc1N. The van der Waals surface area contributed by atoms with Gasteiger partial charge in [0.1, 0.15) is 4.60 Å². The van der Waals surface area contributed by atoms with Crippen LogP contribution in [-0.2, 0) is 0 Å². The maximum Gasteiger partial charge on any atom is 0.170 e. The van der Waals surface area contributed by atoms with Gasteiger partial charge in [-0.1, -0.05) is 0 Å². The molecular formula is C6H9BrN4. The Morgan fingerprint density at radius 3 is 3.09 bits per heavy atom. The highest BCUT2D eigenvalue weighted by Crippen LogP contribution is 2.14. The van der Waals surface area contributed by atoms with Gasteiger partial charge in [0.05, 0.1) is 6.20 Å². The number of nitrogens with two attached hydrogens (primary N) is 1. The Morgan fingerprint density at radius 2 is 2.45 bits per heavy atom. The van der Waals surface area contributed by atoms with Gasteiger partial charge in [0, 0.05) is 6.54 Å². The number of hydrogen-bond acceptors (Lipinski definition) is 4. The van der Waals surface area contributed by atoms with Gasteiger partial charge in [0.2, 0.25) is 0 Å². The average Bonchev–Trinajstić information content (AvgIpc) is 1.98. The second-order valence-electron chi connectivity index (χ2n) is 1.96. The second kappa shape index (κ2) is 3.52. The van der Waals surface area contributed by atoms with Crippen molar-refractivity contribution in [1.82, 2.24) is 9.97 Å². The Kier molecular flexibility index (Phi) is 2.64. The van der Waals surface area contributed by atoms with E-state index in [4.69, 9.17) is 5.73 Å². The molecule has 0 aliphatic carbocycles. The molecule has 0 atom stereocenters. The summed E-state index contributed by atoms with van der Waals surface area (Å²) in [5.74, 6) is 1.05. The quantitative estimate of drug-likeness (QED) is 0.782. The monoisotopic (exact) mass is 216 g/mol. The summed E-state index contributed by atoms with van der Waals surface area (Å²) in [4.78, 5) is 7.98. The number of anilines is 2. The molecule has 0 saturated heterocycles. The van der Waals surface area contributed by atoms with Crippen molar-refractivity contribution in [3.63, 3.8) is 0 Å². The van der Waals surface area contributed by atoms with Crippen LogP contribution in [0.1, 0.15) is 6.92 Å². The summed E-state index contributed by atoms with van der Waals surface area (Å²) in [6.45, 7) is 2.76. The smallest absolute Gasteiger partial charge is 0.170 e. The largest absolute Gasteiger partial charge is 0.381 e. The lowest BCUT2D eigenvalue weighted by Gasteiger charge is -2.03. The molecule has 0 fully saturated rings. The summed E-state index contributed by atoms with van der Waals surface area (Å²) >= 11 is 3.20. The van der Waals surface area contributed by atoms with Crippen molar-refractivity contribution < 1.29 is 0 Å². The van der Waals surface area contributed by atoms with Crippen molar-refractivity contribution in [2.24, 2.45) is 0 Å². The van der Waals surface area contributed by atoms with Crippen molar-refractivity contribution >= 4 is 27.6 Å². The van der Waals surface area contributed by atoms with Crippen LogP contribution in [-0.4, -0.2) is 16.5 Å². The van der Waals surface area contributed by atoms with Crippen LogP contribution >= 0.6 is 15.9 Å². The van der Waals surface area contributed by atoms with Gasteiger partial charge in [-0.2, -0.15) is 0 Å². The molecule has 0 saturated carbocycles. The number of nitrogens with zero attached hydrogens (tertiary/aromatic N) is 2. The van der Waals surface area contributed by atoms with Gasteiger partial charge in [-0.25, -0.2) is 9.97 Å². The maximum absolute atomic E-state index is 5.52. The third-order valence-corrected chi connectivity index (χ3v) is 1.50. The minimum atomic E-state index is 0.426. The molecule has 11 heavy (non-hydrogen) atoms. The fraction of sp³-hybridized carbons (Fsp3) is 0.333. The van der Waals surface area contributed by atoms with Crippen molar-refractivity contribution in [3.05, 3.63) is 10.8 Å². The molecule has 0 amide bonds. The van der Waals surface area contributed by atoms with Crippen LogP contribution < -0.4 is 11.1 Å². The Balaban J connectivity index is 2.93. The number of rotatable bonds is 2. The van der Waals surface area contributed by atoms with Gasteiger partial charge in [-0.05, 0) is 22.9 Å². The minimum Gasteiger partial charge on any atom is -0.381 e. The highest BCUT2D eigenvalue weighted by Gasteiger charge is 1.99. The molecular weight excluding hydrogens is 208 g/mol. The summed E-state index contributed by atoms with van der Waals surface area (Å²) < 4.78 is 0.683. The Labute approximate surface area is 73.4 Å². The van der Waals surface area contributed by atoms with Gasteiger partial charge in [0.15, 0.2) is 11.6 Å². The number of hydrogen-bond donors (Lipinski definition) is 2. The summed E-state index contributed by atoms with van der Waals surface area (Å²) in [6, 6.07) is 0. The molecule has 0 aliphatic rings. The Hall–Kier alpha value is -0.840. The molecule has 1 aromatic rings. The summed E-state index contributed by atoms with van der Waals surface area (Å²) in [5.41, 5.74) is 5.52. The van der Waals surface area contributed by atoms with E-state index in [1.807, 2.05) is 6.92 Å². The van der Waals surface area contributed by atoms with Crippen molar-refractivity contribution in [1.29, 1.82) is 0 Å². The highest BCUT2D eigenvalue weighted by atomic mass is 79.9. The summed E-state index contributed by atoms with van der Waals surface area (Å²) in [5, 5.41) is 2.99. The van der Waals surface area contributed by atoms with Crippen LogP contribution in [0.5, 0.6) is 0 Å². The fourth-order valence-corrected chi connectivity index (χ4v) is 0.954. The maximum atomic E-state index is 5.52. The molecule has 4 nitrogen and oxygen atoms in total. The number of halogens is 1. The van der Waals surface area contributed by atoms with Crippen LogP contribution in [0.25, 0.3) is 0 Å². The zero-order valence-corrected chi connectivity index (χ0v) is 7.72. The van der Waals surface area contributed by atoms with E-state index in [0.717, 1.165) is 6.54 Å². The molecule has 0 bridgehead atoms. The topological polar surface area (TPSA) is 63.8 Å². The van der Waals surface area contributed by atoms with Crippen LogP contribution in [0.15, 0.2) is 10.8 Å². The lowest BCUT2D eigenvalue weighted by Crippen LogP contribution is -2.04. The van der Waals surface area contributed by atoms with Gasteiger partial charge in [0.25, 0.3) is 0 Å². The first-order valence-electron chi connectivity index (χ1n) is 3.26. The minimum absolute atomic E-state index is 0.426.